The largest absolute Gasteiger partial charge is 0.457 e. The molecule has 0 bridgehead atoms. The van der Waals surface area contributed by atoms with Gasteiger partial charge in [0.25, 0.3) is 0 Å². The number of carbonyl (C=O) groups excluding carboxylic acids is 1. The Hall–Kier alpha value is -4.46. The van der Waals surface area contributed by atoms with Crippen molar-refractivity contribution in [2.24, 2.45) is 0 Å². The fourth-order valence-corrected chi connectivity index (χ4v) is 4.39. The van der Waals surface area contributed by atoms with Crippen LogP contribution in [0.3, 0.4) is 0 Å². The molecule has 6 nitrogen and oxygen atoms in total. The Morgan fingerprint density at radius 3 is 2.49 bits per heavy atom. The minimum absolute atomic E-state index is 0.116. The Labute approximate surface area is 234 Å². The number of hydrogen-bond acceptors (Lipinski definition) is 5. The lowest BCUT2D eigenvalue weighted by molar-refractivity contribution is -0.115. The van der Waals surface area contributed by atoms with Crippen LogP contribution in [0.4, 0.5) is 5.69 Å². The van der Waals surface area contributed by atoms with Gasteiger partial charge in [-0.15, -0.1) is 0 Å². The minimum Gasteiger partial charge on any atom is -0.457 e. The maximum Gasteiger partial charge on any atom is 0.344 e. The Balaban J connectivity index is 1.26. The summed E-state index contributed by atoms with van der Waals surface area (Å²) in [4.78, 5) is 25.1. The third-order valence-electron chi connectivity index (χ3n) is 6.16. The van der Waals surface area contributed by atoms with Crippen molar-refractivity contribution >= 4 is 57.6 Å². The Kier molecular flexibility index (Phi) is 7.45. The molecular formula is C31H23ClN2O4S. The lowest BCUT2D eigenvalue weighted by Gasteiger charge is -2.12. The van der Waals surface area contributed by atoms with Gasteiger partial charge in [0.15, 0.2) is 5.11 Å². The summed E-state index contributed by atoms with van der Waals surface area (Å²) in [6, 6.07) is 23.9. The first-order valence-electron chi connectivity index (χ1n) is 12.1. The standard InChI is InChI=1S/C31H23ClN2O4S/c1-18-7-10-22(16-25(18)32)28-13-11-23(37-28)12-14-29(35)34-31(39)33-26-17-20(9-8-19(26)2)24-15-21-5-3-4-6-27(21)38-30(24)36/h3-17H,1-2H3,(H2,33,34,35,39)/b14-12+. The molecule has 2 N–H and O–H groups in total. The number of hydrogen-bond donors (Lipinski definition) is 2. The topological polar surface area (TPSA) is 84.5 Å². The van der Waals surface area contributed by atoms with Crippen LogP contribution in [0.5, 0.6) is 0 Å². The Morgan fingerprint density at radius 2 is 1.67 bits per heavy atom. The zero-order valence-corrected chi connectivity index (χ0v) is 22.7. The number of nitrogens with one attached hydrogen (secondary N) is 2. The number of rotatable bonds is 5. The highest BCUT2D eigenvalue weighted by Crippen LogP contribution is 2.28. The number of carbonyl (C=O) groups is 1. The highest BCUT2D eigenvalue weighted by Gasteiger charge is 2.11. The first-order valence-corrected chi connectivity index (χ1v) is 12.9. The molecule has 0 fully saturated rings. The molecule has 0 aliphatic heterocycles. The fraction of sp³-hybridized carbons (Fsp3) is 0.0645. The molecule has 3 aromatic carbocycles. The third-order valence-corrected chi connectivity index (χ3v) is 6.77. The molecule has 0 radical (unpaired) electrons. The monoisotopic (exact) mass is 554 g/mol. The van der Waals surface area contributed by atoms with Gasteiger partial charge in [0.1, 0.15) is 17.1 Å². The highest BCUT2D eigenvalue weighted by atomic mass is 35.5. The van der Waals surface area contributed by atoms with Gasteiger partial charge in [0.2, 0.25) is 5.91 Å². The second-order valence-corrected chi connectivity index (χ2v) is 9.77. The smallest absolute Gasteiger partial charge is 0.344 e. The maximum atomic E-state index is 12.6. The molecule has 0 aliphatic carbocycles. The SMILES string of the molecule is Cc1ccc(-c2ccc(/C=C/C(=O)NC(=S)Nc3cc(-c4cc5ccccc5oc4=O)ccc3C)o2)cc1Cl. The average Bonchev–Trinajstić information content (AvgIpc) is 3.39. The molecule has 8 heteroatoms. The summed E-state index contributed by atoms with van der Waals surface area (Å²) in [5.41, 5.74) is 4.56. The van der Waals surface area contributed by atoms with Crippen LogP contribution in [0, 0.1) is 13.8 Å². The van der Waals surface area contributed by atoms with Gasteiger partial charge in [-0.2, -0.15) is 0 Å². The number of fused-ring (bicyclic) bond motifs is 1. The lowest BCUT2D eigenvalue weighted by Crippen LogP contribution is -2.33. The second kappa shape index (κ2) is 11.1. The second-order valence-electron chi connectivity index (χ2n) is 8.96. The summed E-state index contributed by atoms with van der Waals surface area (Å²) in [6.45, 7) is 3.83. The van der Waals surface area contributed by atoms with Gasteiger partial charge in [0.05, 0.1) is 5.56 Å². The van der Waals surface area contributed by atoms with Crippen molar-refractivity contribution in [3.63, 3.8) is 0 Å². The van der Waals surface area contributed by atoms with E-state index in [-0.39, 0.29) is 5.11 Å². The van der Waals surface area contributed by atoms with Crippen LogP contribution in [0.15, 0.2) is 98.6 Å². The molecule has 0 saturated heterocycles. The van der Waals surface area contributed by atoms with Crippen molar-refractivity contribution in [2.45, 2.75) is 13.8 Å². The van der Waals surface area contributed by atoms with Gasteiger partial charge in [-0.1, -0.05) is 54.1 Å². The number of para-hydroxylation sites is 1. The first-order chi connectivity index (χ1) is 18.8. The number of halogens is 1. The molecule has 5 rings (SSSR count). The predicted octanol–water partition coefficient (Wildman–Crippen LogP) is 7.52. The van der Waals surface area contributed by atoms with E-state index in [0.29, 0.717) is 38.9 Å². The highest BCUT2D eigenvalue weighted by molar-refractivity contribution is 7.80. The van der Waals surface area contributed by atoms with Crippen LogP contribution >= 0.6 is 23.8 Å². The van der Waals surface area contributed by atoms with Crippen LogP contribution in [0.2, 0.25) is 5.02 Å². The number of anilines is 1. The van der Waals surface area contributed by atoms with Crippen LogP contribution in [-0.2, 0) is 4.79 Å². The summed E-state index contributed by atoms with van der Waals surface area (Å²) in [5, 5.41) is 7.26. The normalized spacial score (nSPS) is 11.2. The lowest BCUT2D eigenvalue weighted by atomic mass is 10.0. The van der Waals surface area contributed by atoms with E-state index in [1.807, 2.05) is 68.4 Å². The van der Waals surface area contributed by atoms with Crippen LogP contribution in [0.1, 0.15) is 16.9 Å². The summed E-state index contributed by atoms with van der Waals surface area (Å²) in [6.07, 6.45) is 2.89. The van der Waals surface area contributed by atoms with E-state index in [1.54, 1.807) is 30.3 Å². The van der Waals surface area contributed by atoms with Gasteiger partial charge in [-0.05, 0) is 85.2 Å². The van der Waals surface area contributed by atoms with Gasteiger partial charge in [-0.3, -0.25) is 10.1 Å². The van der Waals surface area contributed by atoms with E-state index >= 15 is 0 Å². The molecule has 0 saturated carbocycles. The molecule has 1 amide bonds. The molecule has 2 heterocycles. The molecule has 0 spiro atoms. The molecule has 194 valence electrons. The van der Waals surface area contributed by atoms with E-state index in [4.69, 9.17) is 32.7 Å². The number of furan rings is 1. The molecule has 5 aromatic rings. The number of aryl methyl sites for hydroxylation is 2. The minimum atomic E-state index is -0.434. The third kappa shape index (κ3) is 6.00. The van der Waals surface area contributed by atoms with E-state index in [0.717, 1.165) is 22.1 Å². The van der Waals surface area contributed by atoms with Gasteiger partial charge >= 0.3 is 5.63 Å². The molecule has 39 heavy (non-hydrogen) atoms. The molecule has 0 unspecified atom stereocenters. The maximum absolute atomic E-state index is 12.6. The van der Waals surface area contributed by atoms with Crippen molar-refractivity contribution in [3.8, 4) is 22.5 Å². The van der Waals surface area contributed by atoms with Gasteiger partial charge in [-0.25, -0.2) is 4.79 Å². The van der Waals surface area contributed by atoms with E-state index in [1.165, 1.54) is 6.08 Å². The molecule has 0 aliphatic rings. The van der Waals surface area contributed by atoms with Crippen molar-refractivity contribution in [1.82, 2.24) is 5.32 Å². The predicted molar refractivity (Wildman–Crippen MR) is 160 cm³/mol. The summed E-state index contributed by atoms with van der Waals surface area (Å²) >= 11 is 11.6. The fourth-order valence-electron chi connectivity index (χ4n) is 4.00. The first kappa shape index (κ1) is 26.2. The van der Waals surface area contributed by atoms with E-state index in [2.05, 4.69) is 10.6 Å². The zero-order chi connectivity index (χ0) is 27.5. The Morgan fingerprint density at radius 1 is 0.897 bits per heavy atom. The summed E-state index contributed by atoms with van der Waals surface area (Å²) in [5.74, 6) is 0.728. The number of thiocarbonyl (C=S) groups is 1. The molecular weight excluding hydrogens is 532 g/mol. The van der Waals surface area contributed by atoms with E-state index in [9.17, 15) is 9.59 Å². The quantitative estimate of drug-likeness (QED) is 0.133. The number of benzene rings is 3. The summed E-state index contributed by atoms with van der Waals surface area (Å²) < 4.78 is 11.3. The number of amides is 1. The molecule has 2 aromatic heterocycles. The molecule has 0 atom stereocenters. The average molecular weight is 555 g/mol. The Bertz CT molecular complexity index is 1820. The van der Waals surface area contributed by atoms with Crippen molar-refractivity contribution in [1.29, 1.82) is 0 Å². The van der Waals surface area contributed by atoms with Crippen molar-refractivity contribution < 1.29 is 13.6 Å². The van der Waals surface area contributed by atoms with Crippen molar-refractivity contribution in [2.75, 3.05) is 5.32 Å². The van der Waals surface area contributed by atoms with Crippen molar-refractivity contribution in [3.05, 3.63) is 117 Å². The van der Waals surface area contributed by atoms with Crippen LogP contribution in [0.25, 0.3) is 39.5 Å². The van der Waals surface area contributed by atoms with E-state index < -0.39 is 11.5 Å². The van der Waals surface area contributed by atoms with Gasteiger partial charge in [0, 0.05) is 27.7 Å². The van der Waals surface area contributed by atoms with Gasteiger partial charge < -0.3 is 14.2 Å². The van der Waals surface area contributed by atoms with Crippen LogP contribution < -0.4 is 16.3 Å². The zero-order valence-electron chi connectivity index (χ0n) is 21.1. The van der Waals surface area contributed by atoms with Crippen LogP contribution in [-0.4, -0.2) is 11.0 Å². The summed E-state index contributed by atoms with van der Waals surface area (Å²) in [7, 11) is 0.